The first-order valence-electron chi connectivity index (χ1n) is 8.51. The molecule has 1 aliphatic heterocycles. The van der Waals surface area contributed by atoms with Gasteiger partial charge in [-0.15, -0.1) is 0 Å². The van der Waals surface area contributed by atoms with Gasteiger partial charge in [0.1, 0.15) is 0 Å². The van der Waals surface area contributed by atoms with Gasteiger partial charge in [-0.2, -0.15) is 0 Å². The first-order valence-corrected chi connectivity index (χ1v) is 8.51. The lowest BCUT2D eigenvalue weighted by molar-refractivity contribution is 0.271. The molecule has 0 radical (unpaired) electrons. The maximum Gasteiger partial charge on any atom is 0.198 e. The highest BCUT2D eigenvalue weighted by Gasteiger charge is 2.32. The Hall–Kier alpha value is -1.55. The number of aliphatic imine (C=N–C) groups is 1. The normalized spacial score (nSPS) is 19.5. The maximum absolute atomic E-state index is 4.97. The van der Waals surface area contributed by atoms with Gasteiger partial charge in [-0.1, -0.05) is 18.2 Å². The van der Waals surface area contributed by atoms with Gasteiger partial charge in [0.15, 0.2) is 5.96 Å². The Kier molecular flexibility index (Phi) is 4.67. The van der Waals surface area contributed by atoms with Gasteiger partial charge in [-0.05, 0) is 57.8 Å². The van der Waals surface area contributed by atoms with Crippen molar-refractivity contribution in [1.29, 1.82) is 0 Å². The topological polar surface area (TPSA) is 30.9 Å². The molecule has 1 N–H and O–H groups in total. The van der Waals surface area contributed by atoms with Gasteiger partial charge < -0.3 is 15.1 Å². The number of hydrogen-bond donors (Lipinski definition) is 1. The second-order valence-electron chi connectivity index (χ2n) is 6.59. The quantitative estimate of drug-likeness (QED) is 0.669. The first-order chi connectivity index (χ1) is 10.7. The van der Waals surface area contributed by atoms with Crippen LogP contribution < -0.4 is 10.2 Å². The fourth-order valence-corrected chi connectivity index (χ4v) is 3.35. The average Bonchev–Trinajstić information content (AvgIpc) is 3.25. The predicted molar refractivity (Wildman–Crippen MR) is 93.7 cm³/mol. The number of para-hydroxylation sites is 1. The van der Waals surface area contributed by atoms with Crippen LogP contribution in [0.3, 0.4) is 0 Å². The number of nitrogens with zero attached hydrogens (tertiary/aromatic N) is 3. The smallest absolute Gasteiger partial charge is 0.198 e. The number of rotatable bonds is 5. The third kappa shape index (κ3) is 3.27. The summed E-state index contributed by atoms with van der Waals surface area (Å²) in [6, 6.07) is 9.26. The van der Waals surface area contributed by atoms with Crippen LogP contribution in [0.1, 0.15) is 25.3 Å². The highest BCUT2D eigenvalue weighted by Crippen LogP contribution is 2.35. The van der Waals surface area contributed by atoms with Crippen molar-refractivity contribution in [2.45, 2.75) is 32.2 Å². The van der Waals surface area contributed by atoms with Crippen molar-refractivity contribution in [2.24, 2.45) is 10.9 Å². The largest absolute Gasteiger partial charge is 0.356 e. The summed E-state index contributed by atoms with van der Waals surface area (Å²) in [4.78, 5) is 9.65. The summed E-state index contributed by atoms with van der Waals surface area (Å²) in [5.41, 5.74) is 2.74. The van der Waals surface area contributed by atoms with Crippen LogP contribution in [0.25, 0.3) is 0 Å². The van der Waals surface area contributed by atoms with E-state index in [1.807, 2.05) is 0 Å². The number of likely N-dealkylation sites (N-methyl/N-ethyl adjacent to an activating group) is 1. The van der Waals surface area contributed by atoms with E-state index in [-0.39, 0.29) is 0 Å². The van der Waals surface area contributed by atoms with Crippen molar-refractivity contribution in [1.82, 2.24) is 10.2 Å². The SMILES string of the molecule is CCNC(=NCC(C1CC1)N(C)C)N1CCc2ccccc21. The molecule has 2 aliphatic rings. The molecule has 120 valence electrons. The summed E-state index contributed by atoms with van der Waals surface area (Å²) in [7, 11) is 4.35. The third-order valence-corrected chi connectivity index (χ3v) is 4.74. The lowest BCUT2D eigenvalue weighted by atomic mass is 10.2. The highest BCUT2D eigenvalue weighted by atomic mass is 15.3. The zero-order chi connectivity index (χ0) is 15.5. The summed E-state index contributed by atoms with van der Waals surface area (Å²) < 4.78 is 0. The van der Waals surface area contributed by atoms with E-state index in [4.69, 9.17) is 4.99 Å². The summed E-state index contributed by atoms with van der Waals surface area (Å²) in [5, 5.41) is 3.48. The zero-order valence-corrected chi connectivity index (χ0v) is 14.0. The van der Waals surface area contributed by atoms with Gasteiger partial charge in [-0.3, -0.25) is 4.99 Å². The molecular formula is C18H28N4. The minimum Gasteiger partial charge on any atom is -0.356 e. The van der Waals surface area contributed by atoms with E-state index in [2.05, 4.69) is 60.4 Å². The van der Waals surface area contributed by atoms with E-state index in [0.717, 1.165) is 37.9 Å². The fourth-order valence-electron chi connectivity index (χ4n) is 3.35. The molecule has 0 bridgehead atoms. The van der Waals surface area contributed by atoms with Crippen molar-refractivity contribution in [3.8, 4) is 0 Å². The van der Waals surface area contributed by atoms with E-state index in [1.165, 1.54) is 24.1 Å². The van der Waals surface area contributed by atoms with Crippen molar-refractivity contribution < 1.29 is 0 Å². The Labute approximate surface area is 134 Å². The van der Waals surface area contributed by atoms with Crippen LogP contribution >= 0.6 is 0 Å². The summed E-state index contributed by atoms with van der Waals surface area (Å²) in [6.45, 7) is 4.97. The Morgan fingerprint density at radius 1 is 1.36 bits per heavy atom. The van der Waals surface area contributed by atoms with E-state index in [9.17, 15) is 0 Å². The van der Waals surface area contributed by atoms with Crippen molar-refractivity contribution in [3.05, 3.63) is 29.8 Å². The second-order valence-corrected chi connectivity index (χ2v) is 6.59. The highest BCUT2D eigenvalue weighted by molar-refractivity contribution is 5.97. The molecule has 0 saturated heterocycles. The molecule has 4 nitrogen and oxygen atoms in total. The molecule has 1 aliphatic carbocycles. The fraction of sp³-hybridized carbons (Fsp3) is 0.611. The molecule has 1 saturated carbocycles. The lowest BCUT2D eigenvalue weighted by Crippen LogP contribution is -2.42. The lowest BCUT2D eigenvalue weighted by Gasteiger charge is -2.26. The molecule has 1 unspecified atom stereocenters. The number of guanidine groups is 1. The molecule has 1 fully saturated rings. The van der Waals surface area contributed by atoms with Gasteiger partial charge in [0.05, 0.1) is 6.54 Å². The van der Waals surface area contributed by atoms with Crippen molar-refractivity contribution >= 4 is 11.6 Å². The molecule has 1 aromatic rings. The Balaban J connectivity index is 1.76. The molecule has 0 spiro atoms. The Bertz CT molecular complexity index is 532. The van der Waals surface area contributed by atoms with Crippen molar-refractivity contribution in [2.75, 3.05) is 38.6 Å². The second kappa shape index (κ2) is 6.69. The van der Waals surface area contributed by atoms with Crippen LogP contribution in [0.5, 0.6) is 0 Å². The molecule has 1 atom stereocenters. The molecule has 1 aromatic carbocycles. The number of nitrogens with one attached hydrogen (secondary N) is 1. The van der Waals surface area contributed by atoms with Crippen LogP contribution in [0.2, 0.25) is 0 Å². The molecular weight excluding hydrogens is 272 g/mol. The maximum atomic E-state index is 4.97. The molecule has 0 amide bonds. The summed E-state index contributed by atoms with van der Waals surface area (Å²) in [5.74, 6) is 1.88. The van der Waals surface area contributed by atoms with Gasteiger partial charge in [0.2, 0.25) is 0 Å². The van der Waals surface area contributed by atoms with E-state index >= 15 is 0 Å². The van der Waals surface area contributed by atoms with Crippen LogP contribution in [0.15, 0.2) is 29.3 Å². The molecule has 3 rings (SSSR count). The molecule has 0 aromatic heterocycles. The zero-order valence-electron chi connectivity index (χ0n) is 14.0. The number of hydrogen-bond acceptors (Lipinski definition) is 2. The van der Waals surface area contributed by atoms with E-state index < -0.39 is 0 Å². The summed E-state index contributed by atoms with van der Waals surface area (Å²) >= 11 is 0. The van der Waals surface area contributed by atoms with Gasteiger partial charge >= 0.3 is 0 Å². The first kappa shape index (κ1) is 15.3. The monoisotopic (exact) mass is 300 g/mol. The predicted octanol–water partition coefficient (Wildman–Crippen LogP) is 2.35. The van der Waals surface area contributed by atoms with Crippen molar-refractivity contribution in [3.63, 3.8) is 0 Å². The van der Waals surface area contributed by atoms with Crippen LogP contribution in [0, 0.1) is 5.92 Å². The van der Waals surface area contributed by atoms with Crippen LogP contribution in [0.4, 0.5) is 5.69 Å². The standard InChI is InChI=1S/C18H28N4/c1-4-19-18(20-13-17(21(2)3)15-9-10-15)22-12-11-14-7-5-6-8-16(14)22/h5-8,15,17H,4,9-13H2,1-3H3,(H,19,20). The van der Waals surface area contributed by atoms with E-state index in [0.29, 0.717) is 6.04 Å². The van der Waals surface area contributed by atoms with Crippen LogP contribution in [-0.4, -0.2) is 50.6 Å². The molecule has 4 heteroatoms. The number of fused-ring (bicyclic) bond motifs is 1. The number of benzene rings is 1. The minimum absolute atomic E-state index is 0.575. The summed E-state index contributed by atoms with van der Waals surface area (Å²) in [6.07, 6.45) is 3.84. The number of anilines is 1. The van der Waals surface area contributed by atoms with Gasteiger partial charge in [0.25, 0.3) is 0 Å². The van der Waals surface area contributed by atoms with Gasteiger partial charge in [-0.25, -0.2) is 0 Å². The Morgan fingerprint density at radius 2 is 2.14 bits per heavy atom. The van der Waals surface area contributed by atoms with Gasteiger partial charge in [0, 0.05) is 24.8 Å². The third-order valence-electron chi connectivity index (χ3n) is 4.74. The molecule has 1 heterocycles. The average molecular weight is 300 g/mol. The van der Waals surface area contributed by atoms with E-state index in [1.54, 1.807) is 0 Å². The Morgan fingerprint density at radius 3 is 2.82 bits per heavy atom. The minimum atomic E-state index is 0.575. The van der Waals surface area contributed by atoms with Crippen LogP contribution in [-0.2, 0) is 6.42 Å². The molecule has 22 heavy (non-hydrogen) atoms.